The van der Waals surface area contributed by atoms with Crippen LogP contribution in [0.4, 0.5) is 51.2 Å². The van der Waals surface area contributed by atoms with Crippen molar-refractivity contribution < 1.29 is 0 Å². The number of hydrogen-bond donors (Lipinski definition) is 0. The quantitative estimate of drug-likeness (QED) is 0.154. The highest BCUT2D eigenvalue weighted by Gasteiger charge is 2.50. The molecule has 4 aliphatic rings. The summed E-state index contributed by atoms with van der Waals surface area (Å²) in [6, 6.07) is 78.6. The molecular formula is C86H90BN3. The molecule has 2 aliphatic heterocycles. The van der Waals surface area contributed by atoms with Crippen molar-refractivity contribution in [2.75, 3.05) is 14.7 Å². The number of benzene rings is 10. The van der Waals surface area contributed by atoms with Crippen LogP contribution in [0.5, 0.6) is 0 Å². The van der Waals surface area contributed by atoms with E-state index in [9.17, 15) is 0 Å². The maximum Gasteiger partial charge on any atom is 0.252 e. The van der Waals surface area contributed by atoms with Gasteiger partial charge < -0.3 is 14.7 Å². The second-order valence-electron chi connectivity index (χ2n) is 32.1. The zero-order chi connectivity index (χ0) is 63.7. The van der Waals surface area contributed by atoms with Crippen LogP contribution >= 0.6 is 0 Å². The van der Waals surface area contributed by atoms with E-state index in [2.05, 4.69) is 346 Å². The second kappa shape index (κ2) is 20.1. The Bertz CT molecular complexity index is 4500. The summed E-state index contributed by atoms with van der Waals surface area (Å²) in [4.78, 5) is 7.90. The molecule has 0 radical (unpaired) electrons. The molecule has 3 nitrogen and oxygen atoms in total. The highest BCUT2D eigenvalue weighted by molar-refractivity contribution is 7.00. The van der Waals surface area contributed by atoms with Crippen LogP contribution in [0, 0.1) is 13.8 Å². The summed E-state index contributed by atoms with van der Waals surface area (Å²) in [5.41, 5.74) is 33.5. The largest absolute Gasteiger partial charge is 0.311 e. The number of aryl methyl sites for hydroxylation is 2. The maximum atomic E-state index is 2.70. The third-order valence-electron chi connectivity index (χ3n) is 21.6. The number of anilines is 9. The van der Waals surface area contributed by atoms with E-state index in [1.54, 1.807) is 0 Å². The van der Waals surface area contributed by atoms with Crippen LogP contribution in [-0.2, 0) is 37.9 Å². The number of rotatable bonds is 6. The Morgan fingerprint density at radius 2 is 0.722 bits per heavy atom. The average molecular weight is 1180 g/mol. The average Bonchev–Trinajstić information content (AvgIpc) is 0.688. The third-order valence-corrected chi connectivity index (χ3v) is 21.6. The van der Waals surface area contributed by atoms with Gasteiger partial charge in [-0.15, -0.1) is 0 Å². The normalized spacial score (nSPS) is 16.2. The van der Waals surface area contributed by atoms with Gasteiger partial charge in [-0.25, -0.2) is 0 Å². The van der Waals surface area contributed by atoms with Crippen LogP contribution < -0.4 is 31.1 Å². The fourth-order valence-corrected chi connectivity index (χ4v) is 16.3. The molecule has 2 aliphatic carbocycles. The lowest BCUT2D eigenvalue weighted by atomic mass is 9.33. The lowest BCUT2D eigenvalue weighted by molar-refractivity contribution is 0.520. The molecule has 10 aromatic rings. The van der Waals surface area contributed by atoms with Crippen molar-refractivity contribution in [1.29, 1.82) is 0 Å². The predicted molar refractivity (Wildman–Crippen MR) is 388 cm³/mol. The summed E-state index contributed by atoms with van der Waals surface area (Å²) >= 11 is 0. The van der Waals surface area contributed by atoms with E-state index in [-0.39, 0.29) is 44.6 Å². The number of fused-ring (bicyclic) bond motifs is 8. The second-order valence-corrected chi connectivity index (χ2v) is 32.1. The van der Waals surface area contributed by atoms with Crippen LogP contribution in [0.15, 0.2) is 200 Å². The fraction of sp³-hybridized carbons (Fsp3) is 0.302. The van der Waals surface area contributed by atoms with Crippen molar-refractivity contribution in [3.05, 3.63) is 273 Å². The molecule has 0 aromatic heterocycles. The van der Waals surface area contributed by atoms with Gasteiger partial charge in [-0.05, 0) is 197 Å². The van der Waals surface area contributed by atoms with Gasteiger partial charge in [0.15, 0.2) is 0 Å². The van der Waals surface area contributed by atoms with E-state index >= 15 is 0 Å². The van der Waals surface area contributed by atoms with Gasteiger partial charge in [-0.3, -0.25) is 0 Å². The molecule has 2 heterocycles. The highest BCUT2D eigenvalue weighted by atomic mass is 15.2. The molecule has 0 N–H and O–H groups in total. The molecule has 0 bridgehead atoms. The Kier molecular flexibility index (Phi) is 13.2. The van der Waals surface area contributed by atoms with Gasteiger partial charge in [0.2, 0.25) is 0 Å². The first-order valence-corrected chi connectivity index (χ1v) is 33.0. The minimum absolute atomic E-state index is 0.00542. The number of hydrogen-bond acceptors (Lipinski definition) is 3. The summed E-state index contributed by atoms with van der Waals surface area (Å²) in [7, 11) is 0. The summed E-state index contributed by atoms with van der Waals surface area (Å²) in [5, 5.41) is 0. The first-order valence-electron chi connectivity index (χ1n) is 33.0. The molecule has 0 amide bonds. The molecule has 10 aromatic carbocycles. The Hall–Kier alpha value is -8.34. The van der Waals surface area contributed by atoms with Crippen molar-refractivity contribution in [3.63, 3.8) is 0 Å². The molecule has 4 heteroatoms. The molecule has 0 unspecified atom stereocenters. The standard InChI is InChI=1S/C86H90BN3/c1-53-45-77-79-78(46-53)90(74-51-69-67(47-54(74)2)83(12,13)63-29-23-25-31-65(63)85(69,16)17)75-49-61(88(59-38-33-56(34-39-59)80(3,4)5)60-40-35-57(36-41-60)81(6,7)8)42-43-71(75)87(79)72-50-68-70(86(18,19)66-32-26-24-30-64(66)84(68,14)15)52-76(72)89(77)73-44-37-58(82(9,10)11)48-62(73)55-27-21-20-22-28-55/h20-52H,1-19H3. The van der Waals surface area contributed by atoms with Gasteiger partial charge in [-0.1, -0.05) is 245 Å². The molecule has 14 rings (SSSR count). The molecule has 0 fully saturated rings. The summed E-state index contributed by atoms with van der Waals surface area (Å²) in [6.07, 6.45) is 0. The molecule has 0 spiro atoms. The maximum absolute atomic E-state index is 2.70. The van der Waals surface area contributed by atoms with E-state index in [0.717, 1.165) is 17.1 Å². The Labute approximate surface area is 539 Å². The Balaban J connectivity index is 1.10. The van der Waals surface area contributed by atoms with Crippen LogP contribution in [-0.4, -0.2) is 6.71 Å². The topological polar surface area (TPSA) is 9.72 Å². The summed E-state index contributed by atoms with van der Waals surface area (Å²) in [6.45, 7) is 45.1. The van der Waals surface area contributed by atoms with Crippen LogP contribution in [0.3, 0.4) is 0 Å². The first-order chi connectivity index (χ1) is 42.4. The third kappa shape index (κ3) is 9.03. The monoisotopic (exact) mass is 1180 g/mol. The van der Waals surface area contributed by atoms with Gasteiger partial charge in [0.25, 0.3) is 6.71 Å². The molecule has 0 saturated heterocycles. The first kappa shape index (κ1) is 59.3. The molecule has 452 valence electrons. The van der Waals surface area contributed by atoms with Crippen molar-refractivity contribution in [3.8, 4) is 11.1 Å². The van der Waals surface area contributed by atoms with E-state index in [1.807, 2.05) is 0 Å². The van der Waals surface area contributed by atoms with E-state index in [1.165, 1.54) is 134 Å². The molecule has 90 heavy (non-hydrogen) atoms. The lowest BCUT2D eigenvalue weighted by Crippen LogP contribution is -2.62. The highest BCUT2D eigenvalue weighted by Crippen LogP contribution is 2.57. The molecular weight excluding hydrogens is 1090 g/mol. The van der Waals surface area contributed by atoms with Gasteiger partial charge in [0.05, 0.1) is 5.69 Å². The predicted octanol–water partition coefficient (Wildman–Crippen LogP) is 21.3. The van der Waals surface area contributed by atoms with Gasteiger partial charge in [0.1, 0.15) is 0 Å². The SMILES string of the molecule is Cc1cc2c3c(c1)N(c1ccc(C(C)(C)C)cc1-c1ccccc1)c1cc4c(cc1B3c1ccc(N(c3ccc(C(C)(C)C)cc3)c3ccc(C(C)(C)C)cc3)cc1N2c1cc2c(cc1C)C(C)(C)c1ccccc1C2(C)C)C(C)(C)c1ccccc1C4(C)C. The van der Waals surface area contributed by atoms with E-state index < -0.39 is 0 Å². The summed E-state index contributed by atoms with van der Waals surface area (Å²) in [5.74, 6) is 0. The molecule has 0 atom stereocenters. The fourth-order valence-electron chi connectivity index (χ4n) is 16.3. The van der Waals surface area contributed by atoms with Crippen molar-refractivity contribution in [1.82, 2.24) is 0 Å². The van der Waals surface area contributed by atoms with Crippen molar-refractivity contribution in [2.24, 2.45) is 0 Å². The van der Waals surface area contributed by atoms with E-state index in [0.29, 0.717) is 0 Å². The minimum atomic E-state index is -0.278. The van der Waals surface area contributed by atoms with E-state index in [4.69, 9.17) is 0 Å². The van der Waals surface area contributed by atoms with Gasteiger partial charge in [-0.2, -0.15) is 0 Å². The zero-order valence-electron chi connectivity index (χ0n) is 57.0. The van der Waals surface area contributed by atoms with Gasteiger partial charge in [0, 0.05) is 72.7 Å². The van der Waals surface area contributed by atoms with Gasteiger partial charge >= 0.3 is 0 Å². The lowest BCUT2D eigenvalue weighted by Gasteiger charge is -2.49. The smallest absolute Gasteiger partial charge is 0.252 e. The number of nitrogens with zero attached hydrogens (tertiary/aromatic N) is 3. The Morgan fingerprint density at radius 1 is 0.322 bits per heavy atom. The van der Waals surface area contributed by atoms with Crippen LogP contribution in [0.25, 0.3) is 11.1 Å². The summed E-state index contributed by atoms with van der Waals surface area (Å²) < 4.78 is 0. The minimum Gasteiger partial charge on any atom is -0.311 e. The Morgan fingerprint density at radius 3 is 1.20 bits per heavy atom. The van der Waals surface area contributed by atoms with Crippen LogP contribution in [0.1, 0.15) is 190 Å². The van der Waals surface area contributed by atoms with Crippen molar-refractivity contribution in [2.45, 2.75) is 169 Å². The molecule has 0 saturated carbocycles. The van der Waals surface area contributed by atoms with Crippen LogP contribution in [0.2, 0.25) is 0 Å². The zero-order valence-corrected chi connectivity index (χ0v) is 57.0. The van der Waals surface area contributed by atoms with Crippen molar-refractivity contribution >= 4 is 74.3 Å².